The molecule has 2 aromatic heterocycles. The molecule has 0 saturated heterocycles. The summed E-state index contributed by atoms with van der Waals surface area (Å²) >= 11 is 0. The van der Waals surface area contributed by atoms with E-state index in [4.69, 9.17) is 9.68 Å². The highest BCUT2D eigenvalue weighted by molar-refractivity contribution is 5.81. The van der Waals surface area contributed by atoms with E-state index in [-0.39, 0.29) is 0 Å². The van der Waals surface area contributed by atoms with E-state index >= 15 is 0 Å². The lowest BCUT2D eigenvalue weighted by atomic mass is 10.2. The van der Waals surface area contributed by atoms with E-state index in [2.05, 4.69) is 22.5 Å². The molecule has 0 saturated carbocycles. The maximum atomic E-state index is 8.91. The number of rotatable bonds is 2. The van der Waals surface area contributed by atoms with Crippen LogP contribution in [0.1, 0.15) is 12.5 Å². The Bertz CT molecular complexity index is 732. The first kappa shape index (κ1) is 10.6. The van der Waals surface area contributed by atoms with Crippen molar-refractivity contribution in [2.75, 3.05) is 0 Å². The van der Waals surface area contributed by atoms with E-state index in [0.717, 1.165) is 29.0 Å². The lowest BCUT2D eigenvalue weighted by molar-refractivity contribution is 0.567. The second-order valence-corrected chi connectivity index (χ2v) is 4.01. The fourth-order valence-corrected chi connectivity index (χ4v) is 2.13. The highest BCUT2D eigenvalue weighted by atomic mass is 16.3. The number of fused-ring (bicyclic) bond motifs is 1. The summed E-state index contributed by atoms with van der Waals surface area (Å²) < 4.78 is 7.22. The number of nitriles is 1. The van der Waals surface area contributed by atoms with Gasteiger partial charge in [-0.05, 0) is 31.2 Å². The molecule has 3 rings (SSSR count). The van der Waals surface area contributed by atoms with Gasteiger partial charge < -0.3 is 8.98 Å². The first-order valence-electron chi connectivity index (χ1n) is 5.76. The standard InChI is InChI=1S/C14H11N3O/c1-2-17-13-4-3-10(8-15)7-12(13)16-14(17)11-5-6-18-9-11/h3-7,9H,2H2,1H3. The molecule has 88 valence electrons. The zero-order chi connectivity index (χ0) is 12.5. The van der Waals surface area contributed by atoms with Crippen LogP contribution in [0.25, 0.3) is 22.4 Å². The maximum Gasteiger partial charge on any atom is 0.144 e. The van der Waals surface area contributed by atoms with Crippen molar-refractivity contribution in [2.45, 2.75) is 13.5 Å². The molecule has 0 fully saturated rings. The van der Waals surface area contributed by atoms with E-state index in [1.54, 1.807) is 12.5 Å². The third-order valence-electron chi connectivity index (χ3n) is 2.97. The Balaban J connectivity index is 2.30. The SMILES string of the molecule is CCn1c(-c2ccoc2)nc2cc(C#N)ccc21. The van der Waals surface area contributed by atoms with Crippen LogP contribution < -0.4 is 0 Å². The molecule has 0 N–H and O–H groups in total. The van der Waals surface area contributed by atoms with Gasteiger partial charge in [0, 0.05) is 6.54 Å². The van der Waals surface area contributed by atoms with Crippen molar-refractivity contribution in [3.63, 3.8) is 0 Å². The maximum absolute atomic E-state index is 8.91. The van der Waals surface area contributed by atoms with Gasteiger partial charge >= 0.3 is 0 Å². The Hall–Kier alpha value is -2.54. The molecule has 4 heteroatoms. The molecule has 0 amide bonds. The van der Waals surface area contributed by atoms with Crippen LogP contribution in [-0.4, -0.2) is 9.55 Å². The fourth-order valence-electron chi connectivity index (χ4n) is 2.13. The largest absolute Gasteiger partial charge is 0.472 e. The normalized spacial score (nSPS) is 10.7. The minimum atomic E-state index is 0.627. The number of imidazole rings is 1. The van der Waals surface area contributed by atoms with Crippen LogP contribution in [-0.2, 0) is 6.54 Å². The molecule has 3 aromatic rings. The molecule has 18 heavy (non-hydrogen) atoms. The zero-order valence-corrected chi connectivity index (χ0v) is 9.92. The summed E-state index contributed by atoms with van der Waals surface area (Å²) in [7, 11) is 0. The number of hydrogen-bond acceptors (Lipinski definition) is 3. The minimum absolute atomic E-state index is 0.627. The molecule has 0 aliphatic carbocycles. The minimum Gasteiger partial charge on any atom is -0.472 e. The summed E-state index contributed by atoms with van der Waals surface area (Å²) in [6.07, 6.45) is 3.31. The number of aryl methyl sites for hydroxylation is 1. The van der Waals surface area contributed by atoms with Crippen LogP contribution in [0.15, 0.2) is 41.2 Å². The monoisotopic (exact) mass is 237 g/mol. The van der Waals surface area contributed by atoms with E-state index in [9.17, 15) is 0 Å². The van der Waals surface area contributed by atoms with Gasteiger partial charge in [-0.2, -0.15) is 5.26 Å². The van der Waals surface area contributed by atoms with Gasteiger partial charge in [0.2, 0.25) is 0 Å². The number of hydrogen-bond donors (Lipinski definition) is 0. The van der Waals surface area contributed by atoms with E-state index < -0.39 is 0 Å². The third-order valence-corrected chi connectivity index (χ3v) is 2.97. The van der Waals surface area contributed by atoms with Crippen molar-refractivity contribution in [2.24, 2.45) is 0 Å². The summed E-state index contributed by atoms with van der Waals surface area (Å²) in [6.45, 7) is 2.89. The topological polar surface area (TPSA) is 54.8 Å². The lowest BCUT2D eigenvalue weighted by Gasteiger charge is -2.03. The average Bonchev–Trinajstić information content (AvgIpc) is 3.04. The van der Waals surface area contributed by atoms with Crippen LogP contribution >= 0.6 is 0 Å². The van der Waals surface area contributed by atoms with Gasteiger partial charge in [-0.15, -0.1) is 0 Å². The Morgan fingerprint density at radius 3 is 2.94 bits per heavy atom. The fraction of sp³-hybridized carbons (Fsp3) is 0.143. The van der Waals surface area contributed by atoms with Crippen molar-refractivity contribution < 1.29 is 4.42 Å². The van der Waals surface area contributed by atoms with Crippen LogP contribution in [0.5, 0.6) is 0 Å². The quantitative estimate of drug-likeness (QED) is 0.687. The summed E-state index contributed by atoms with van der Waals surface area (Å²) in [4.78, 5) is 4.59. The summed E-state index contributed by atoms with van der Waals surface area (Å²) in [5, 5.41) is 8.91. The lowest BCUT2D eigenvalue weighted by Crippen LogP contribution is -1.96. The van der Waals surface area contributed by atoms with Gasteiger partial charge in [-0.25, -0.2) is 4.98 Å². The predicted molar refractivity (Wildman–Crippen MR) is 67.8 cm³/mol. The number of aromatic nitrogens is 2. The Labute approximate surface area is 104 Å². The third kappa shape index (κ3) is 1.49. The Morgan fingerprint density at radius 1 is 1.39 bits per heavy atom. The van der Waals surface area contributed by atoms with Gasteiger partial charge in [0.1, 0.15) is 12.1 Å². The first-order valence-corrected chi connectivity index (χ1v) is 5.76. The molecule has 4 nitrogen and oxygen atoms in total. The Kier molecular flexibility index (Phi) is 2.38. The van der Waals surface area contributed by atoms with Gasteiger partial charge in [0.05, 0.1) is 34.5 Å². The van der Waals surface area contributed by atoms with Crippen LogP contribution in [0.3, 0.4) is 0 Å². The summed E-state index contributed by atoms with van der Waals surface area (Å²) in [5.74, 6) is 0.872. The van der Waals surface area contributed by atoms with Gasteiger partial charge in [-0.1, -0.05) is 0 Å². The molecule has 0 aliphatic rings. The molecule has 1 aromatic carbocycles. The van der Waals surface area contributed by atoms with Crippen LogP contribution in [0, 0.1) is 11.3 Å². The van der Waals surface area contributed by atoms with Crippen LogP contribution in [0.2, 0.25) is 0 Å². The molecule has 0 bridgehead atoms. The average molecular weight is 237 g/mol. The second-order valence-electron chi connectivity index (χ2n) is 4.01. The molecule has 0 radical (unpaired) electrons. The molecule has 0 aliphatic heterocycles. The first-order chi connectivity index (χ1) is 8.83. The smallest absolute Gasteiger partial charge is 0.144 e. The molecule has 0 spiro atoms. The van der Waals surface area contributed by atoms with Gasteiger partial charge in [0.25, 0.3) is 0 Å². The van der Waals surface area contributed by atoms with Crippen molar-refractivity contribution in [1.29, 1.82) is 5.26 Å². The van der Waals surface area contributed by atoms with E-state index in [1.165, 1.54) is 0 Å². The highest BCUT2D eigenvalue weighted by Crippen LogP contribution is 2.25. The number of benzene rings is 1. The number of nitrogens with zero attached hydrogens (tertiary/aromatic N) is 3. The van der Waals surface area contributed by atoms with Gasteiger partial charge in [0.15, 0.2) is 0 Å². The molecular formula is C14H11N3O. The molecular weight excluding hydrogens is 226 g/mol. The zero-order valence-electron chi connectivity index (χ0n) is 9.92. The predicted octanol–water partition coefficient (Wildman–Crippen LogP) is 3.19. The van der Waals surface area contributed by atoms with Crippen LogP contribution in [0.4, 0.5) is 0 Å². The molecule has 0 atom stereocenters. The van der Waals surface area contributed by atoms with Crippen molar-refractivity contribution in [3.8, 4) is 17.5 Å². The van der Waals surface area contributed by atoms with Crippen molar-refractivity contribution in [3.05, 3.63) is 42.4 Å². The highest BCUT2D eigenvalue weighted by Gasteiger charge is 2.12. The van der Waals surface area contributed by atoms with Crippen molar-refractivity contribution in [1.82, 2.24) is 9.55 Å². The molecule has 2 heterocycles. The number of furan rings is 1. The van der Waals surface area contributed by atoms with E-state index in [1.807, 2.05) is 24.3 Å². The van der Waals surface area contributed by atoms with E-state index in [0.29, 0.717) is 5.56 Å². The van der Waals surface area contributed by atoms with Crippen molar-refractivity contribution >= 4 is 11.0 Å². The second kappa shape index (κ2) is 4.04. The molecule has 0 unspecified atom stereocenters. The summed E-state index contributed by atoms with van der Waals surface area (Å²) in [6, 6.07) is 9.58. The Morgan fingerprint density at radius 2 is 2.28 bits per heavy atom. The summed E-state index contributed by atoms with van der Waals surface area (Å²) in [5.41, 5.74) is 3.45. The van der Waals surface area contributed by atoms with Gasteiger partial charge in [-0.3, -0.25) is 0 Å².